The van der Waals surface area contributed by atoms with Crippen molar-refractivity contribution in [2.24, 2.45) is 0 Å². The average Bonchev–Trinajstić information content (AvgIpc) is 2.99. The van der Waals surface area contributed by atoms with Crippen LogP contribution in [-0.4, -0.2) is 40.1 Å². The standard InChI is InChI=1S/C20H24FN5O/c1-3-25(4-2)12-13-26-18-11-6-5-10-17(18)23-19(26)24-20(27)22-16-9-7-8-15(21)14-16/h5-11,14H,3-4,12-13H2,1-2H3,(H2,22,23,24,27). The fraction of sp³-hybridized carbons (Fsp3) is 0.300. The number of carbonyl (C=O) groups excluding carboxylic acids is 1. The number of imidazole rings is 1. The Kier molecular flexibility index (Phi) is 6.03. The van der Waals surface area contributed by atoms with Crippen molar-refractivity contribution in [3.8, 4) is 0 Å². The number of nitrogens with zero attached hydrogens (tertiary/aromatic N) is 3. The van der Waals surface area contributed by atoms with Crippen LogP contribution in [0.3, 0.4) is 0 Å². The molecule has 0 spiro atoms. The number of anilines is 2. The predicted molar refractivity (Wildman–Crippen MR) is 107 cm³/mol. The molecule has 0 saturated heterocycles. The van der Waals surface area contributed by atoms with Gasteiger partial charge in [-0.25, -0.2) is 14.2 Å². The lowest BCUT2D eigenvalue weighted by Gasteiger charge is -2.19. The highest BCUT2D eigenvalue weighted by molar-refractivity contribution is 5.99. The first-order valence-corrected chi connectivity index (χ1v) is 9.12. The van der Waals surface area contributed by atoms with E-state index in [1.807, 2.05) is 28.8 Å². The Morgan fingerprint density at radius 3 is 2.63 bits per heavy atom. The van der Waals surface area contributed by atoms with Gasteiger partial charge in [0.2, 0.25) is 5.95 Å². The van der Waals surface area contributed by atoms with Crippen molar-refractivity contribution in [1.82, 2.24) is 14.5 Å². The molecule has 3 rings (SSSR count). The van der Waals surface area contributed by atoms with Crippen molar-refractivity contribution in [3.05, 3.63) is 54.3 Å². The van der Waals surface area contributed by atoms with Gasteiger partial charge in [0.25, 0.3) is 0 Å². The molecule has 0 unspecified atom stereocenters. The smallest absolute Gasteiger partial charge is 0.309 e. The molecule has 3 aromatic rings. The number of urea groups is 1. The summed E-state index contributed by atoms with van der Waals surface area (Å²) in [5.41, 5.74) is 2.17. The molecule has 0 atom stereocenters. The van der Waals surface area contributed by atoms with Gasteiger partial charge in [0.05, 0.1) is 11.0 Å². The molecule has 1 aromatic heterocycles. The summed E-state index contributed by atoms with van der Waals surface area (Å²) in [7, 11) is 0. The summed E-state index contributed by atoms with van der Waals surface area (Å²) < 4.78 is 15.3. The molecule has 6 nitrogen and oxygen atoms in total. The lowest BCUT2D eigenvalue weighted by molar-refractivity contribution is 0.261. The molecule has 142 valence electrons. The zero-order chi connectivity index (χ0) is 19.2. The summed E-state index contributed by atoms with van der Waals surface area (Å²) in [5.74, 6) is 0.0662. The molecule has 2 N–H and O–H groups in total. The van der Waals surface area contributed by atoms with Crippen molar-refractivity contribution in [1.29, 1.82) is 0 Å². The van der Waals surface area contributed by atoms with E-state index in [0.29, 0.717) is 18.2 Å². The molecular formula is C20H24FN5O. The Labute approximate surface area is 158 Å². The van der Waals surface area contributed by atoms with Crippen molar-refractivity contribution in [2.45, 2.75) is 20.4 Å². The van der Waals surface area contributed by atoms with Gasteiger partial charge in [0, 0.05) is 18.8 Å². The maximum Gasteiger partial charge on any atom is 0.326 e. The molecule has 2 aromatic carbocycles. The van der Waals surface area contributed by atoms with E-state index in [1.54, 1.807) is 12.1 Å². The third-order valence-corrected chi connectivity index (χ3v) is 4.50. The van der Waals surface area contributed by atoms with Crippen LogP contribution in [0.25, 0.3) is 11.0 Å². The van der Waals surface area contributed by atoms with E-state index in [1.165, 1.54) is 12.1 Å². The monoisotopic (exact) mass is 369 g/mol. The Bertz CT molecular complexity index is 920. The van der Waals surface area contributed by atoms with Crippen molar-refractivity contribution in [2.75, 3.05) is 30.3 Å². The minimum absolute atomic E-state index is 0.387. The van der Waals surface area contributed by atoms with Crippen molar-refractivity contribution in [3.63, 3.8) is 0 Å². The largest absolute Gasteiger partial charge is 0.326 e. The number of nitrogens with one attached hydrogen (secondary N) is 2. The number of amides is 2. The molecule has 27 heavy (non-hydrogen) atoms. The number of rotatable bonds is 7. The van der Waals surface area contributed by atoms with Gasteiger partial charge in [0.1, 0.15) is 5.82 Å². The number of carbonyl (C=O) groups is 1. The number of benzene rings is 2. The van der Waals surface area contributed by atoms with Gasteiger partial charge >= 0.3 is 6.03 Å². The molecule has 2 amide bonds. The van der Waals surface area contributed by atoms with Gasteiger partial charge in [-0.05, 0) is 43.4 Å². The van der Waals surface area contributed by atoms with Crippen molar-refractivity contribution >= 4 is 28.7 Å². The first-order chi connectivity index (χ1) is 13.1. The minimum atomic E-state index is -0.458. The van der Waals surface area contributed by atoms with Crippen LogP contribution in [0.4, 0.5) is 20.8 Å². The highest BCUT2D eigenvalue weighted by atomic mass is 19.1. The number of halogens is 1. The van der Waals surface area contributed by atoms with Crippen LogP contribution in [0.1, 0.15) is 13.8 Å². The maximum atomic E-state index is 13.3. The molecule has 0 fully saturated rings. The van der Waals surface area contributed by atoms with Crippen LogP contribution in [0.15, 0.2) is 48.5 Å². The number of likely N-dealkylation sites (N-methyl/N-ethyl adjacent to an activating group) is 1. The molecule has 0 saturated carbocycles. The van der Waals surface area contributed by atoms with Crippen molar-refractivity contribution < 1.29 is 9.18 Å². The molecule has 0 aliphatic heterocycles. The SMILES string of the molecule is CCN(CC)CCn1c(NC(=O)Nc2cccc(F)c2)nc2ccccc21. The van der Waals surface area contributed by atoms with Gasteiger partial charge in [0.15, 0.2) is 0 Å². The van der Waals surface area contributed by atoms with Gasteiger partial charge in [-0.15, -0.1) is 0 Å². The summed E-state index contributed by atoms with van der Waals surface area (Å²) in [5, 5.41) is 5.42. The number of aromatic nitrogens is 2. The van der Waals surface area contributed by atoms with Gasteiger partial charge < -0.3 is 14.8 Å². The third kappa shape index (κ3) is 4.62. The number of fused-ring (bicyclic) bond motifs is 1. The Morgan fingerprint density at radius 1 is 1.11 bits per heavy atom. The van der Waals surface area contributed by atoms with E-state index >= 15 is 0 Å². The predicted octanol–water partition coefficient (Wildman–Crippen LogP) is 4.16. The summed E-state index contributed by atoms with van der Waals surface area (Å²) >= 11 is 0. The fourth-order valence-electron chi connectivity index (χ4n) is 3.01. The fourth-order valence-corrected chi connectivity index (χ4v) is 3.01. The molecule has 0 bridgehead atoms. The van der Waals surface area contributed by atoms with Crippen LogP contribution in [0, 0.1) is 5.82 Å². The quantitative estimate of drug-likeness (QED) is 0.657. The molecule has 0 radical (unpaired) electrons. The second-order valence-corrected chi connectivity index (χ2v) is 6.19. The van der Waals surface area contributed by atoms with Crippen LogP contribution >= 0.6 is 0 Å². The van der Waals surface area contributed by atoms with Gasteiger partial charge in [-0.2, -0.15) is 0 Å². The average molecular weight is 369 g/mol. The van der Waals surface area contributed by atoms with Crippen LogP contribution in [0.5, 0.6) is 0 Å². The Hall–Kier alpha value is -2.93. The van der Waals surface area contributed by atoms with E-state index in [0.717, 1.165) is 30.7 Å². The normalized spacial score (nSPS) is 11.1. The van der Waals surface area contributed by atoms with E-state index in [-0.39, 0.29) is 0 Å². The highest BCUT2D eigenvalue weighted by Gasteiger charge is 2.14. The van der Waals surface area contributed by atoms with E-state index in [4.69, 9.17) is 0 Å². The summed E-state index contributed by atoms with van der Waals surface area (Å²) in [6.45, 7) is 7.74. The lowest BCUT2D eigenvalue weighted by atomic mass is 10.3. The van der Waals surface area contributed by atoms with Gasteiger partial charge in [-0.3, -0.25) is 5.32 Å². The number of hydrogen-bond acceptors (Lipinski definition) is 3. The Morgan fingerprint density at radius 2 is 1.89 bits per heavy atom. The molecule has 0 aliphatic carbocycles. The highest BCUT2D eigenvalue weighted by Crippen LogP contribution is 2.20. The number of hydrogen-bond donors (Lipinski definition) is 2. The third-order valence-electron chi connectivity index (χ3n) is 4.50. The lowest BCUT2D eigenvalue weighted by Crippen LogP contribution is -2.28. The zero-order valence-electron chi connectivity index (χ0n) is 15.6. The van der Waals surface area contributed by atoms with Crippen LogP contribution < -0.4 is 10.6 Å². The maximum absolute atomic E-state index is 13.3. The van der Waals surface area contributed by atoms with E-state index < -0.39 is 11.8 Å². The minimum Gasteiger partial charge on any atom is -0.309 e. The first-order valence-electron chi connectivity index (χ1n) is 9.12. The second-order valence-electron chi connectivity index (χ2n) is 6.19. The van der Waals surface area contributed by atoms with Crippen LogP contribution in [0.2, 0.25) is 0 Å². The molecular weight excluding hydrogens is 345 g/mol. The van der Waals surface area contributed by atoms with Gasteiger partial charge in [-0.1, -0.05) is 32.0 Å². The molecule has 7 heteroatoms. The Balaban J connectivity index is 1.80. The zero-order valence-corrected chi connectivity index (χ0v) is 15.6. The van der Waals surface area contributed by atoms with E-state index in [9.17, 15) is 9.18 Å². The molecule has 0 aliphatic rings. The van der Waals surface area contributed by atoms with E-state index in [2.05, 4.69) is 34.4 Å². The second kappa shape index (κ2) is 8.64. The summed E-state index contributed by atoms with van der Waals surface area (Å²) in [4.78, 5) is 19.2. The number of para-hydroxylation sites is 2. The molecule has 1 heterocycles. The summed E-state index contributed by atoms with van der Waals surface area (Å²) in [6, 6.07) is 13.1. The van der Waals surface area contributed by atoms with Crippen LogP contribution in [-0.2, 0) is 6.54 Å². The first kappa shape index (κ1) is 18.8. The summed E-state index contributed by atoms with van der Waals surface area (Å²) in [6.07, 6.45) is 0. The topological polar surface area (TPSA) is 62.2 Å².